The Morgan fingerprint density at radius 1 is 1.17 bits per heavy atom. The summed E-state index contributed by atoms with van der Waals surface area (Å²) < 4.78 is 28.9. The summed E-state index contributed by atoms with van der Waals surface area (Å²) in [5.41, 5.74) is -1.29. The molecule has 0 radical (unpaired) electrons. The van der Waals surface area contributed by atoms with Crippen LogP contribution in [0.15, 0.2) is 64.0 Å². The number of aliphatic hydroxyl groups is 1. The van der Waals surface area contributed by atoms with Gasteiger partial charge in [0.2, 0.25) is 10.0 Å². The van der Waals surface area contributed by atoms with Crippen LogP contribution in [0.5, 0.6) is 0 Å². The van der Waals surface area contributed by atoms with Crippen LogP contribution in [0, 0.1) is 0 Å². The highest BCUT2D eigenvalue weighted by Crippen LogP contribution is 2.33. The lowest BCUT2D eigenvalue weighted by Crippen LogP contribution is -2.38. The Hall–Kier alpha value is -1.25. The second kappa shape index (κ2) is 6.57. The molecule has 0 bridgehead atoms. The molecule has 0 aliphatic rings. The quantitative estimate of drug-likeness (QED) is 0.652. The van der Waals surface area contributed by atoms with Crippen molar-refractivity contribution >= 4 is 47.4 Å². The van der Waals surface area contributed by atoms with Crippen LogP contribution >= 0.6 is 27.3 Å². The normalized spacial score (nSPS) is 14.6. The summed E-state index contributed by atoms with van der Waals surface area (Å²) in [7, 11) is -3.71. The fourth-order valence-electron chi connectivity index (χ4n) is 2.31. The molecule has 0 spiro atoms. The zero-order chi connectivity index (χ0) is 17.4. The van der Waals surface area contributed by atoms with E-state index in [1.54, 1.807) is 25.1 Å². The van der Waals surface area contributed by atoms with Gasteiger partial charge in [-0.2, -0.15) is 0 Å². The van der Waals surface area contributed by atoms with E-state index in [4.69, 9.17) is 0 Å². The maximum Gasteiger partial charge on any atom is 0.241 e. The van der Waals surface area contributed by atoms with Gasteiger partial charge in [-0.15, -0.1) is 11.3 Å². The smallest absolute Gasteiger partial charge is 0.241 e. The molecule has 0 unspecified atom stereocenters. The van der Waals surface area contributed by atoms with E-state index in [9.17, 15) is 13.5 Å². The number of benzene rings is 2. The highest BCUT2D eigenvalue weighted by Gasteiger charge is 2.28. The first-order valence-electron chi connectivity index (χ1n) is 7.25. The molecule has 4 nitrogen and oxygen atoms in total. The van der Waals surface area contributed by atoms with Gasteiger partial charge in [0, 0.05) is 20.6 Å². The number of hydrogen-bond acceptors (Lipinski definition) is 4. The Balaban J connectivity index is 1.83. The molecule has 0 amide bonds. The summed E-state index contributed by atoms with van der Waals surface area (Å²) in [6.45, 7) is 1.50. The third kappa shape index (κ3) is 3.55. The van der Waals surface area contributed by atoms with E-state index in [1.165, 1.54) is 17.4 Å². The van der Waals surface area contributed by atoms with Crippen LogP contribution in [0.3, 0.4) is 0 Å². The van der Waals surface area contributed by atoms with Gasteiger partial charge < -0.3 is 5.11 Å². The number of nitrogens with one attached hydrogen (secondary N) is 1. The lowest BCUT2D eigenvalue weighted by molar-refractivity contribution is 0.0666. The zero-order valence-corrected chi connectivity index (χ0v) is 16.1. The monoisotopic (exact) mass is 425 g/mol. The van der Waals surface area contributed by atoms with Crippen molar-refractivity contribution in [1.29, 1.82) is 0 Å². The van der Waals surface area contributed by atoms with Crippen molar-refractivity contribution in [2.24, 2.45) is 0 Å². The fourth-order valence-corrected chi connectivity index (χ4v) is 5.55. The van der Waals surface area contributed by atoms with Gasteiger partial charge in [-0.3, -0.25) is 0 Å². The standard InChI is InChI=1S/C17H16BrNO3S2/c1-17(20,16-10-12-6-2-4-8-14(12)23-16)11-19-24(21,22)15-9-5-3-7-13(15)18/h2-10,19-20H,11H2,1H3/t17-/m0/s1. The zero-order valence-electron chi connectivity index (χ0n) is 12.9. The van der Waals surface area contributed by atoms with Gasteiger partial charge in [0.1, 0.15) is 5.60 Å². The van der Waals surface area contributed by atoms with Gasteiger partial charge in [-0.25, -0.2) is 13.1 Å². The van der Waals surface area contributed by atoms with E-state index >= 15 is 0 Å². The molecular formula is C17H16BrNO3S2. The molecule has 1 atom stereocenters. The summed E-state index contributed by atoms with van der Waals surface area (Å²) >= 11 is 4.70. The largest absolute Gasteiger partial charge is 0.383 e. The number of halogens is 1. The molecular weight excluding hydrogens is 410 g/mol. The van der Waals surface area contributed by atoms with Gasteiger partial charge in [0.15, 0.2) is 0 Å². The molecule has 0 fully saturated rings. The van der Waals surface area contributed by atoms with Gasteiger partial charge in [-0.1, -0.05) is 30.3 Å². The fraction of sp³-hybridized carbons (Fsp3) is 0.176. The van der Waals surface area contributed by atoms with E-state index in [2.05, 4.69) is 20.7 Å². The van der Waals surface area contributed by atoms with Crippen LogP contribution < -0.4 is 4.72 Å². The van der Waals surface area contributed by atoms with Crippen molar-refractivity contribution in [2.75, 3.05) is 6.54 Å². The molecule has 0 aliphatic heterocycles. The third-order valence-electron chi connectivity index (χ3n) is 3.69. The highest BCUT2D eigenvalue weighted by molar-refractivity contribution is 9.10. The van der Waals surface area contributed by atoms with Crippen LogP contribution in [-0.4, -0.2) is 20.1 Å². The first-order valence-corrected chi connectivity index (χ1v) is 10.3. The molecule has 0 saturated heterocycles. The van der Waals surface area contributed by atoms with Crippen LogP contribution in [0.4, 0.5) is 0 Å². The van der Waals surface area contributed by atoms with Crippen LogP contribution in [0.25, 0.3) is 10.1 Å². The van der Waals surface area contributed by atoms with E-state index < -0.39 is 15.6 Å². The average molecular weight is 426 g/mol. The van der Waals surface area contributed by atoms with E-state index in [0.717, 1.165) is 15.0 Å². The van der Waals surface area contributed by atoms with Crippen molar-refractivity contribution in [2.45, 2.75) is 17.4 Å². The molecule has 0 aliphatic carbocycles. The van der Waals surface area contributed by atoms with E-state index in [0.29, 0.717) is 4.47 Å². The Morgan fingerprint density at radius 3 is 2.54 bits per heavy atom. The van der Waals surface area contributed by atoms with Crippen LogP contribution in [-0.2, 0) is 15.6 Å². The first-order chi connectivity index (χ1) is 11.3. The van der Waals surface area contributed by atoms with Crippen LogP contribution in [0.1, 0.15) is 11.8 Å². The van der Waals surface area contributed by atoms with E-state index in [1.807, 2.05) is 30.3 Å². The number of hydrogen-bond donors (Lipinski definition) is 2. The van der Waals surface area contributed by atoms with Crippen molar-refractivity contribution in [3.63, 3.8) is 0 Å². The summed E-state index contributed by atoms with van der Waals surface area (Å²) in [6, 6.07) is 16.3. The first kappa shape index (κ1) is 17.6. The highest BCUT2D eigenvalue weighted by atomic mass is 79.9. The summed E-state index contributed by atoms with van der Waals surface area (Å²) in [5.74, 6) is 0. The van der Waals surface area contributed by atoms with Gasteiger partial charge in [0.05, 0.1) is 4.90 Å². The Kier molecular flexibility index (Phi) is 4.81. The Labute approximate surface area is 153 Å². The van der Waals surface area contributed by atoms with Gasteiger partial charge in [0.25, 0.3) is 0 Å². The number of thiophene rings is 1. The summed E-state index contributed by atoms with van der Waals surface area (Å²) in [4.78, 5) is 0.871. The van der Waals surface area contributed by atoms with Crippen molar-refractivity contribution in [1.82, 2.24) is 4.72 Å². The molecule has 1 aromatic heterocycles. The molecule has 126 valence electrons. The lowest BCUT2D eigenvalue weighted by atomic mass is 10.1. The Morgan fingerprint density at radius 2 is 1.83 bits per heavy atom. The molecule has 1 heterocycles. The number of sulfonamides is 1. The minimum absolute atomic E-state index is 0.108. The Bertz CT molecular complexity index is 947. The van der Waals surface area contributed by atoms with E-state index in [-0.39, 0.29) is 11.4 Å². The molecule has 7 heteroatoms. The predicted molar refractivity (Wildman–Crippen MR) is 101 cm³/mol. The predicted octanol–water partition coefficient (Wildman–Crippen LogP) is 3.85. The van der Waals surface area contributed by atoms with Crippen molar-refractivity contribution in [3.8, 4) is 0 Å². The number of rotatable bonds is 5. The summed E-state index contributed by atoms with van der Waals surface area (Å²) in [5, 5.41) is 11.8. The second-order valence-electron chi connectivity index (χ2n) is 5.68. The molecule has 3 rings (SSSR count). The summed E-state index contributed by atoms with van der Waals surface area (Å²) in [6.07, 6.45) is 0. The van der Waals surface area contributed by atoms with Crippen molar-refractivity contribution < 1.29 is 13.5 Å². The van der Waals surface area contributed by atoms with Gasteiger partial charge in [-0.05, 0) is 52.5 Å². The van der Waals surface area contributed by atoms with Gasteiger partial charge >= 0.3 is 0 Å². The number of fused-ring (bicyclic) bond motifs is 1. The third-order valence-corrected chi connectivity index (χ3v) is 7.47. The minimum atomic E-state index is -3.71. The molecule has 0 saturated carbocycles. The maximum absolute atomic E-state index is 12.5. The molecule has 24 heavy (non-hydrogen) atoms. The van der Waals surface area contributed by atoms with Crippen LogP contribution in [0.2, 0.25) is 0 Å². The maximum atomic E-state index is 12.5. The lowest BCUT2D eigenvalue weighted by Gasteiger charge is -2.22. The SMILES string of the molecule is C[C@](O)(CNS(=O)(=O)c1ccccc1Br)c1cc2ccccc2s1. The topological polar surface area (TPSA) is 66.4 Å². The van der Waals surface area contributed by atoms with Crippen molar-refractivity contribution in [3.05, 3.63) is 63.9 Å². The molecule has 2 aromatic carbocycles. The second-order valence-corrected chi connectivity index (χ2v) is 9.35. The average Bonchev–Trinajstić information content (AvgIpc) is 2.98. The molecule has 2 N–H and O–H groups in total. The molecule has 3 aromatic rings. The minimum Gasteiger partial charge on any atom is -0.383 e.